The normalized spacial score (nSPS) is 12.7. The fourth-order valence-corrected chi connectivity index (χ4v) is 5.82. The zero-order valence-electron chi connectivity index (χ0n) is 10.7. The van der Waals surface area contributed by atoms with Gasteiger partial charge in [0.15, 0.2) is 0 Å². The van der Waals surface area contributed by atoms with Crippen LogP contribution in [0.1, 0.15) is 34.6 Å². The molecule has 0 unspecified atom stereocenters. The highest BCUT2D eigenvalue weighted by Gasteiger charge is 2.29. The summed E-state index contributed by atoms with van der Waals surface area (Å²) in [4.78, 5) is 0. The summed E-state index contributed by atoms with van der Waals surface area (Å²) in [5.74, 6) is 0. The van der Waals surface area contributed by atoms with Gasteiger partial charge in [0, 0.05) is 26.2 Å². The fourth-order valence-electron chi connectivity index (χ4n) is 1.67. The van der Waals surface area contributed by atoms with Gasteiger partial charge >= 0.3 is 0 Å². The van der Waals surface area contributed by atoms with Crippen molar-refractivity contribution in [1.29, 1.82) is 0 Å². The van der Waals surface area contributed by atoms with Gasteiger partial charge in [-0.2, -0.15) is 0 Å². The maximum absolute atomic E-state index is 5.90. The van der Waals surface area contributed by atoms with E-state index in [9.17, 15) is 0 Å². The summed E-state index contributed by atoms with van der Waals surface area (Å²) in [7, 11) is 0. The van der Waals surface area contributed by atoms with E-state index < -0.39 is 6.57 Å². The lowest BCUT2D eigenvalue weighted by Crippen LogP contribution is -2.32. The van der Waals surface area contributed by atoms with Crippen molar-refractivity contribution >= 4 is 18.4 Å². The molecule has 0 aromatic carbocycles. The minimum absolute atomic E-state index is 0.699. The van der Waals surface area contributed by atoms with Gasteiger partial charge in [-0.15, -0.1) is 0 Å². The van der Waals surface area contributed by atoms with Crippen molar-refractivity contribution in [2.75, 3.05) is 32.8 Å². The Morgan fingerprint density at radius 3 is 1.40 bits per heavy atom. The van der Waals surface area contributed by atoms with Crippen LogP contribution in [0.5, 0.6) is 0 Å². The third-order valence-electron chi connectivity index (χ3n) is 2.47. The first-order chi connectivity index (χ1) is 7.10. The Morgan fingerprint density at radius 2 is 1.20 bits per heavy atom. The Bertz CT molecular complexity index is 190. The molecule has 0 spiro atoms. The fraction of sp³-hybridized carbons (Fsp3) is 1.00. The van der Waals surface area contributed by atoms with Crippen molar-refractivity contribution in [3.8, 4) is 0 Å². The molecule has 0 N–H and O–H groups in total. The third-order valence-corrected chi connectivity index (χ3v) is 7.33. The van der Waals surface area contributed by atoms with Gasteiger partial charge in [-0.25, -0.2) is 9.34 Å². The molecule has 0 fully saturated rings. The van der Waals surface area contributed by atoms with Crippen molar-refractivity contribution in [2.24, 2.45) is 0 Å². The van der Waals surface area contributed by atoms with Gasteiger partial charge in [0.2, 0.25) is 6.57 Å². The number of rotatable bonds is 8. The molecule has 92 valence electrons. The Labute approximate surface area is 100.0 Å². The second-order valence-corrected chi connectivity index (χ2v) is 6.98. The molecule has 0 saturated heterocycles. The van der Waals surface area contributed by atoms with Crippen LogP contribution in [0.4, 0.5) is 0 Å². The molecular weight excluding hydrogens is 227 g/mol. The molecule has 0 aromatic rings. The van der Waals surface area contributed by atoms with Crippen LogP contribution in [0.25, 0.3) is 0 Å². The lowest BCUT2D eigenvalue weighted by atomic mass is 10.7. The predicted octanol–water partition coefficient (Wildman–Crippen LogP) is 2.93. The van der Waals surface area contributed by atoms with Gasteiger partial charge in [-0.1, -0.05) is 27.7 Å². The Kier molecular flexibility index (Phi) is 8.02. The molecule has 5 heteroatoms. The van der Waals surface area contributed by atoms with E-state index in [0.717, 1.165) is 26.2 Å². The summed E-state index contributed by atoms with van der Waals surface area (Å²) in [6.45, 7) is 13.2. The van der Waals surface area contributed by atoms with Crippen molar-refractivity contribution < 1.29 is 4.52 Å². The molecule has 0 bridgehead atoms. The van der Waals surface area contributed by atoms with Crippen LogP contribution < -0.4 is 0 Å². The van der Waals surface area contributed by atoms with Gasteiger partial charge in [0.1, 0.15) is 0 Å². The van der Waals surface area contributed by atoms with E-state index in [-0.39, 0.29) is 0 Å². The first-order valence-corrected chi connectivity index (χ1v) is 8.48. The lowest BCUT2D eigenvalue weighted by Gasteiger charge is -2.40. The molecule has 0 aliphatic rings. The summed E-state index contributed by atoms with van der Waals surface area (Å²) in [6, 6.07) is 0. The van der Waals surface area contributed by atoms with E-state index in [1.54, 1.807) is 0 Å². The monoisotopic (exact) mass is 252 g/mol. The quantitative estimate of drug-likeness (QED) is 0.617. The molecule has 0 aromatic heterocycles. The van der Waals surface area contributed by atoms with Crippen molar-refractivity contribution in [2.45, 2.75) is 34.6 Å². The Morgan fingerprint density at radius 1 is 0.867 bits per heavy atom. The average molecular weight is 252 g/mol. The van der Waals surface area contributed by atoms with E-state index in [1.165, 1.54) is 0 Å². The van der Waals surface area contributed by atoms with Crippen LogP contribution in [0, 0.1) is 0 Å². The van der Waals surface area contributed by atoms with Crippen LogP contribution in [0.2, 0.25) is 0 Å². The van der Waals surface area contributed by atoms with E-state index in [0.29, 0.717) is 6.61 Å². The molecule has 3 nitrogen and oxygen atoms in total. The highest BCUT2D eigenvalue weighted by Crippen LogP contribution is 2.53. The van der Waals surface area contributed by atoms with Crippen molar-refractivity contribution in [3.63, 3.8) is 0 Å². The van der Waals surface area contributed by atoms with E-state index in [2.05, 4.69) is 37.0 Å². The Balaban J connectivity index is 4.92. The summed E-state index contributed by atoms with van der Waals surface area (Å²) >= 11 is 5.78. The van der Waals surface area contributed by atoms with Crippen LogP contribution in [-0.2, 0) is 16.3 Å². The number of hydrogen-bond acceptors (Lipinski definition) is 2. The van der Waals surface area contributed by atoms with E-state index in [4.69, 9.17) is 16.3 Å². The summed E-state index contributed by atoms with van der Waals surface area (Å²) in [5.41, 5.74) is 0. The average Bonchev–Trinajstić information content (AvgIpc) is 2.21. The van der Waals surface area contributed by atoms with Gasteiger partial charge in [0.25, 0.3) is 0 Å². The largest absolute Gasteiger partial charge is 0.327 e. The second-order valence-electron chi connectivity index (χ2n) is 3.19. The van der Waals surface area contributed by atoms with Gasteiger partial charge in [0.05, 0.1) is 6.61 Å². The molecule has 0 amide bonds. The van der Waals surface area contributed by atoms with Crippen LogP contribution in [0.15, 0.2) is 0 Å². The summed E-state index contributed by atoms with van der Waals surface area (Å²) < 4.78 is 10.5. The molecule has 0 radical (unpaired) electrons. The minimum atomic E-state index is -1.94. The van der Waals surface area contributed by atoms with Crippen LogP contribution in [0.3, 0.4) is 0 Å². The highest BCUT2D eigenvalue weighted by molar-refractivity contribution is 8.09. The second kappa shape index (κ2) is 7.75. The van der Waals surface area contributed by atoms with Gasteiger partial charge < -0.3 is 4.52 Å². The number of hydrogen-bond donors (Lipinski definition) is 0. The molecule has 0 saturated carbocycles. The lowest BCUT2D eigenvalue weighted by molar-refractivity contribution is 0.275. The maximum Gasteiger partial charge on any atom is 0.203 e. The SMILES string of the molecule is CCOP(=S)(N(CC)CC)N(CC)CC. The topological polar surface area (TPSA) is 15.7 Å². The van der Waals surface area contributed by atoms with Gasteiger partial charge in [-0.3, -0.25) is 0 Å². The molecule has 0 aliphatic heterocycles. The first kappa shape index (κ1) is 15.5. The minimum Gasteiger partial charge on any atom is -0.327 e. The van der Waals surface area contributed by atoms with Crippen LogP contribution >= 0.6 is 6.57 Å². The highest BCUT2D eigenvalue weighted by atomic mass is 32.5. The summed E-state index contributed by atoms with van der Waals surface area (Å²) in [6.07, 6.45) is 0. The first-order valence-electron chi connectivity index (χ1n) is 5.85. The van der Waals surface area contributed by atoms with Crippen molar-refractivity contribution in [1.82, 2.24) is 9.34 Å². The molecule has 0 atom stereocenters. The number of nitrogens with zero attached hydrogens (tertiary/aromatic N) is 2. The van der Waals surface area contributed by atoms with Crippen molar-refractivity contribution in [3.05, 3.63) is 0 Å². The molecule has 0 rings (SSSR count). The smallest absolute Gasteiger partial charge is 0.203 e. The molecule has 15 heavy (non-hydrogen) atoms. The van der Waals surface area contributed by atoms with E-state index in [1.807, 2.05) is 6.92 Å². The third kappa shape index (κ3) is 3.79. The summed E-state index contributed by atoms with van der Waals surface area (Å²) in [5, 5.41) is 0. The maximum atomic E-state index is 5.90. The Hall–Kier alpha value is 0.530. The zero-order valence-corrected chi connectivity index (χ0v) is 12.4. The predicted molar refractivity (Wildman–Crippen MR) is 71.8 cm³/mol. The zero-order chi connectivity index (χ0) is 11.9. The molecule has 0 heterocycles. The molecule has 0 aliphatic carbocycles. The van der Waals surface area contributed by atoms with Crippen LogP contribution in [-0.4, -0.2) is 42.1 Å². The molecular formula is C10H25N2OPS. The standard InChI is InChI=1S/C10H25N2OPS/c1-6-11(7-2)14(15,13-10-5)12(8-3)9-4/h6-10H2,1-5H3. The van der Waals surface area contributed by atoms with Gasteiger partial charge in [-0.05, 0) is 18.7 Å². The van der Waals surface area contributed by atoms with E-state index >= 15 is 0 Å².